The van der Waals surface area contributed by atoms with Gasteiger partial charge in [0, 0.05) is 13.1 Å². The third-order valence-corrected chi connectivity index (χ3v) is 6.10. The average molecular weight is 343 g/mol. The summed E-state index contributed by atoms with van der Waals surface area (Å²) in [5.74, 6) is 1.36. The summed E-state index contributed by atoms with van der Waals surface area (Å²) in [5.41, 5.74) is 3.11. The quantitative estimate of drug-likeness (QED) is 0.624. The van der Waals surface area contributed by atoms with Crippen LogP contribution in [0.1, 0.15) is 36.4 Å². The minimum atomic E-state index is -0.554. The van der Waals surface area contributed by atoms with Gasteiger partial charge in [-0.1, -0.05) is 6.08 Å². The Balaban J connectivity index is 1.90. The first-order valence-corrected chi connectivity index (χ1v) is 8.92. The van der Waals surface area contributed by atoms with E-state index in [4.69, 9.17) is 14.2 Å². The van der Waals surface area contributed by atoms with E-state index in [9.17, 15) is 4.79 Å². The molecule has 0 radical (unpaired) electrons. The summed E-state index contributed by atoms with van der Waals surface area (Å²) in [4.78, 5) is 15.4. The largest absolute Gasteiger partial charge is 0.493 e. The van der Waals surface area contributed by atoms with Gasteiger partial charge in [-0.25, -0.2) is 0 Å². The molecule has 1 aromatic rings. The first kappa shape index (κ1) is 16.5. The molecular weight excluding hydrogens is 318 g/mol. The van der Waals surface area contributed by atoms with E-state index in [-0.39, 0.29) is 12.0 Å². The molecule has 0 unspecified atom stereocenters. The molecule has 1 aliphatic carbocycles. The SMILES string of the molecule is COC(=O)[C@@]12CCCC=C1CN1CCc3cc(OC)c(OC)cc3[C@H]12. The highest BCUT2D eigenvalue weighted by atomic mass is 16.5. The molecule has 0 N–H and O–H groups in total. The van der Waals surface area contributed by atoms with Gasteiger partial charge in [-0.2, -0.15) is 0 Å². The van der Waals surface area contributed by atoms with Gasteiger partial charge in [0.1, 0.15) is 5.41 Å². The summed E-state index contributed by atoms with van der Waals surface area (Å²) >= 11 is 0. The Bertz CT molecular complexity index is 741. The van der Waals surface area contributed by atoms with E-state index in [1.807, 2.05) is 0 Å². The summed E-state index contributed by atoms with van der Waals surface area (Å²) in [7, 11) is 4.82. The number of fused-ring (bicyclic) bond motifs is 5. The maximum absolute atomic E-state index is 13.0. The van der Waals surface area contributed by atoms with E-state index >= 15 is 0 Å². The molecule has 0 aromatic heterocycles. The lowest BCUT2D eigenvalue weighted by atomic mass is 9.67. The van der Waals surface area contributed by atoms with Crippen LogP contribution >= 0.6 is 0 Å². The second kappa shape index (κ2) is 6.06. The molecule has 5 nitrogen and oxygen atoms in total. The van der Waals surface area contributed by atoms with E-state index in [2.05, 4.69) is 23.1 Å². The highest BCUT2D eigenvalue weighted by Gasteiger charge is 2.58. The van der Waals surface area contributed by atoms with Crippen molar-refractivity contribution in [1.82, 2.24) is 4.90 Å². The molecule has 1 aromatic carbocycles. The summed E-state index contributed by atoms with van der Waals surface area (Å²) < 4.78 is 16.3. The summed E-state index contributed by atoms with van der Waals surface area (Å²) in [6, 6.07) is 4.16. The van der Waals surface area contributed by atoms with Crippen LogP contribution in [-0.4, -0.2) is 45.3 Å². The predicted octanol–water partition coefficient (Wildman–Crippen LogP) is 2.89. The summed E-state index contributed by atoms with van der Waals surface area (Å²) in [6.07, 6.45) is 6.13. The maximum Gasteiger partial charge on any atom is 0.317 e. The van der Waals surface area contributed by atoms with E-state index in [0.717, 1.165) is 50.3 Å². The number of carbonyl (C=O) groups is 1. The van der Waals surface area contributed by atoms with Crippen LogP contribution in [0.3, 0.4) is 0 Å². The van der Waals surface area contributed by atoms with Gasteiger partial charge < -0.3 is 14.2 Å². The number of allylic oxidation sites excluding steroid dienone is 1. The molecule has 0 saturated carbocycles. The van der Waals surface area contributed by atoms with Crippen LogP contribution in [0.25, 0.3) is 0 Å². The Morgan fingerprint density at radius 1 is 1.20 bits per heavy atom. The fourth-order valence-corrected chi connectivity index (χ4v) is 5.01. The lowest BCUT2D eigenvalue weighted by Crippen LogP contribution is -2.43. The van der Waals surface area contributed by atoms with Crippen LogP contribution < -0.4 is 9.47 Å². The zero-order chi connectivity index (χ0) is 17.6. The molecule has 2 atom stereocenters. The number of esters is 1. The molecule has 1 fully saturated rings. The molecule has 5 heteroatoms. The van der Waals surface area contributed by atoms with Gasteiger partial charge in [0.2, 0.25) is 0 Å². The van der Waals surface area contributed by atoms with Crippen molar-refractivity contribution in [2.24, 2.45) is 5.41 Å². The van der Waals surface area contributed by atoms with Crippen LogP contribution in [-0.2, 0) is 16.0 Å². The number of benzene rings is 1. The van der Waals surface area contributed by atoms with Crippen molar-refractivity contribution in [3.8, 4) is 11.5 Å². The molecule has 0 spiro atoms. The van der Waals surface area contributed by atoms with Crippen LogP contribution in [0.4, 0.5) is 0 Å². The zero-order valence-electron chi connectivity index (χ0n) is 15.1. The lowest BCUT2D eigenvalue weighted by Gasteiger charge is -2.41. The van der Waals surface area contributed by atoms with Crippen molar-refractivity contribution in [1.29, 1.82) is 0 Å². The number of ether oxygens (including phenoxy) is 3. The minimum Gasteiger partial charge on any atom is -0.493 e. The van der Waals surface area contributed by atoms with Gasteiger partial charge in [0.15, 0.2) is 11.5 Å². The third kappa shape index (κ3) is 2.21. The van der Waals surface area contributed by atoms with Gasteiger partial charge in [0.05, 0.1) is 27.4 Å². The number of carbonyl (C=O) groups excluding carboxylic acids is 1. The lowest BCUT2D eigenvalue weighted by molar-refractivity contribution is -0.153. The zero-order valence-corrected chi connectivity index (χ0v) is 15.1. The summed E-state index contributed by atoms with van der Waals surface area (Å²) in [6.45, 7) is 1.80. The summed E-state index contributed by atoms with van der Waals surface area (Å²) in [5, 5.41) is 0. The minimum absolute atomic E-state index is 0.0232. The van der Waals surface area contributed by atoms with Crippen molar-refractivity contribution in [2.45, 2.75) is 31.7 Å². The molecule has 2 aliphatic heterocycles. The Kier molecular flexibility index (Phi) is 3.99. The molecule has 2 heterocycles. The van der Waals surface area contributed by atoms with Gasteiger partial charge in [-0.05, 0) is 54.5 Å². The number of nitrogens with zero attached hydrogens (tertiary/aromatic N) is 1. The first-order valence-electron chi connectivity index (χ1n) is 8.92. The molecule has 134 valence electrons. The first-order chi connectivity index (χ1) is 12.2. The number of hydrogen-bond donors (Lipinski definition) is 0. The molecule has 0 bridgehead atoms. The van der Waals surface area contributed by atoms with E-state index in [1.165, 1.54) is 23.8 Å². The van der Waals surface area contributed by atoms with E-state index in [0.29, 0.717) is 0 Å². The number of methoxy groups -OCH3 is 3. The monoisotopic (exact) mass is 343 g/mol. The molecule has 25 heavy (non-hydrogen) atoms. The topological polar surface area (TPSA) is 48.0 Å². The molecule has 3 aliphatic rings. The van der Waals surface area contributed by atoms with Crippen LogP contribution in [0, 0.1) is 5.41 Å². The smallest absolute Gasteiger partial charge is 0.317 e. The second-order valence-corrected chi connectivity index (χ2v) is 7.11. The third-order valence-electron chi connectivity index (χ3n) is 6.10. The van der Waals surface area contributed by atoms with E-state index < -0.39 is 5.41 Å². The molecule has 0 amide bonds. The van der Waals surface area contributed by atoms with Gasteiger partial charge >= 0.3 is 5.97 Å². The maximum atomic E-state index is 13.0. The van der Waals surface area contributed by atoms with Crippen LogP contribution in [0.15, 0.2) is 23.8 Å². The van der Waals surface area contributed by atoms with Crippen molar-refractivity contribution >= 4 is 5.97 Å². The standard InChI is InChI=1S/C20H25NO4/c1-23-16-10-13-7-9-21-12-14-6-4-5-8-20(14,19(22)25-3)18(21)15(13)11-17(16)24-2/h6,10-11,18H,4-5,7-9,12H2,1-3H3/t18-,20-/m0/s1. The Labute approximate surface area is 148 Å². The Hall–Kier alpha value is -2.01. The second-order valence-electron chi connectivity index (χ2n) is 7.11. The van der Waals surface area contributed by atoms with Crippen molar-refractivity contribution in [3.05, 3.63) is 34.9 Å². The van der Waals surface area contributed by atoms with Gasteiger partial charge in [-0.3, -0.25) is 9.69 Å². The van der Waals surface area contributed by atoms with Gasteiger partial charge in [-0.15, -0.1) is 0 Å². The average Bonchev–Trinajstić information content (AvgIpc) is 3.01. The predicted molar refractivity (Wildman–Crippen MR) is 93.9 cm³/mol. The van der Waals surface area contributed by atoms with Crippen LogP contribution in [0.2, 0.25) is 0 Å². The molecular formula is C20H25NO4. The Morgan fingerprint density at radius 2 is 1.96 bits per heavy atom. The Morgan fingerprint density at radius 3 is 2.68 bits per heavy atom. The normalized spacial score (nSPS) is 27.6. The van der Waals surface area contributed by atoms with Crippen molar-refractivity contribution in [3.63, 3.8) is 0 Å². The van der Waals surface area contributed by atoms with Crippen molar-refractivity contribution in [2.75, 3.05) is 34.4 Å². The fraction of sp³-hybridized carbons (Fsp3) is 0.550. The van der Waals surface area contributed by atoms with Gasteiger partial charge in [0.25, 0.3) is 0 Å². The number of rotatable bonds is 3. The van der Waals surface area contributed by atoms with Crippen LogP contribution in [0.5, 0.6) is 11.5 Å². The highest BCUT2D eigenvalue weighted by molar-refractivity contribution is 5.83. The molecule has 1 saturated heterocycles. The van der Waals surface area contributed by atoms with Crippen molar-refractivity contribution < 1.29 is 19.0 Å². The highest BCUT2D eigenvalue weighted by Crippen LogP contribution is 2.58. The fourth-order valence-electron chi connectivity index (χ4n) is 5.01. The van der Waals surface area contributed by atoms with E-state index in [1.54, 1.807) is 14.2 Å². The number of hydrogen-bond acceptors (Lipinski definition) is 5. The molecule has 4 rings (SSSR count).